The van der Waals surface area contributed by atoms with Crippen molar-refractivity contribution < 1.29 is 33.9 Å². The van der Waals surface area contributed by atoms with E-state index in [2.05, 4.69) is 10.6 Å². The lowest BCUT2D eigenvalue weighted by atomic mass is 10.1. The summed E-state index contributed by atoms with van der Waals surface area (Å²) >= 11 is 0. The van der Waals surface area contributed by atoms with Crippen molar-refractivity contribution in [1.82, 2.24) is 15.5 Å². The predicted octanol–water partition coefficient (Wildman–Crippen LogP) is -3.48. The first-order chi connectivity index (χ1) is 13.9. The molecular formula is C17H28N6O7. The summed E-state index contributed by atoms with van der Waals surface area (Å²) in [6.07, 6.45) is -0.287. The van der Waals surface area contributed by atoms with Gasteiger partial charge in [0.05, 0.1) is 12.5 Å². The summed E-state index contributed by atoms with van der Waals surface area (Å²) in [6, 6.07) is -4.71. The molecule has 1 saturated heterocycles. The van der Waals surface area contributed by atoms with Crippen molar-refractivity contribution >= 4 is 35.5 Å². The molecule has 1 aliphatic heterocycles. The standard InChI is InChI=1S/C17H28N6O7/c1-8(18)14(26)21-9(4-5-12(19)24)15(27)22-10(7-13(20)25)16(28)23-6-2-3-11(23)17(29)30/h8-11H,2-7,18H2,1H3,(H2,19,24)(H2,20,25)(H,21,26)(H,22,27)(H,29,30). The molecule has 0 bridgehead atoms. The number of carbonyl (C=O) groups excluding carboxylic acids is 5. The lowest BCUT2D eigenvalue weighted by Crippen LogP contribution is -2.57. The molecule has 30 heavy (non-hydrogen) atoms. The van der Waals surface area contributed by atoms with Gasteiger partial charge in [-0.05, 0) is 26.2 Å². The maximum absolute atomic E-state index is 12.8. The van der Waals surface area contributed by atoms with Crippen molar-refractivity contribution in [1.29, 1.82) is 0 Å². The molecule has 168 valence electrons. The van der Waals surface area contributed by atoms with Gasteiger partial charge in [0, 0.05) is 13.0 Å². The fourth-order valence-electron chi connectivity index (χ4n) is 3.02. The molecule has 0 aromatic rings. The molecule has 0 aromatic carbocycles. The first-order valence-electron chi connectivity index (χ1n) is 9.40. The smallest absolute Gasteiger partial charge is 0.326 e. The van der Waals surface area contributed by atoms with Gasteiger partial charge in [0.15, 0.2) is 0 Å². The highest BCUT2D eigenvalue weighted by Crippen LogP contribution is 2.19. The SMILES string of the molecule is CC(N)C(=O)NC(CCC(N)=O)C(=O)NC(CC(N)=O)C(=O)N1CCCC1C(=O)O. The topological polar surface area (TPSA) is 228 Å². The molecule has 1 heterocycles. The normalized spacial score (nSPS) is 18.7. The minimum absolute atomic E-state index is 0.146. The number of carboxylic acid groups (broad SMARTS) is 1. The number of aliphatic carboxylic acids is 1. The number of carboxylic acids is 1. The Balaban J connectivity index is 3.00. The Hall–Kier alpha value is -3.22. The van der Waals surface area contributed by atoms with Gasteiger partial charge in [-0.25, -0.2) is 4.79 Å². The van der Waals surface area contributed by atoms with E-state index in [0.29, 0.717) is 6.42 Å². The quantitative estimate of drug-likeness (QED) is 0.193. The predicted molar refractivity (Wildman–Crippen MR) is 102 cm³/mol. The van der Waals surface area contributed by atoms with Crippen LogP contribution in [0.2, 0.25) is 0 Å². The molecule has 4 unspecified atom stereocenters. The zero-order valence-electron chi connectivity index (χ0n) is 16.6. The summed E-state index contributed by atoms with van der Waals surface area (Å²) in [5.74, 6) is -5.13. The van der Waals surface area contributed by atoms with Gasteiger partial charge in [0.1, 0.15) is 18.1 Å². The van der Waals surface area contributed by atoms with E-state index in [1.165, 1.54) is 6.92 Å². The summed E-state index contributed by atoms with van der Waals surface area (Å²) in [4.78, 5) is 72.3. The van der Waals surface area contributed by atoms with Gasteiger partial charge in [-0.2, -0.15) is 0 Å². The molecule has 0 saturated carbocycles. The summed E-state index contributed by atoms with van der Waals surface area (Å²) in [6.45, 7) is 1.53. The maximum atomic E-state index is 12.8. The van der Waals surface area contributed by atoms with E-state index in [0.717, 1.165) is 4.90 Å². The number of rotatable bonds is 11. The van der Waals surface area contributed by atoms with Gasteiger partial charge in [-0.3, -0.25) is 24.0 Å². The summed E-state index contributed by atoms with van der Waals surface area (Å²) < 4.78 is 0. The van der Waals surface area contributed by atoms with Crippen molar-refractivity contribution in [3.63, 3.8) is 0 Å². The summed E-state index contributed by atoms with van der Waals surface area (Å²) in [5.41, 5.74) is 15.7. The van der Waals surface area contributed by atoms with E-state index in [1.54, 1.807) is 0 Å². The van der Waals surface area contributed by atoms with E-state index < -0.39 is 66.1 Å². The third-order valence-corrected chi connectivity index (χ3v) is 4.57. The molecule has 1 rings (SSSR count). The van der Waals surface area contributed by atoms with Crippen LogP contribution in [0, 0.1) is 0 Å². The van der Waals surface area contributed by atoms with Crippen LogP contribution in [-0.2, 0) is 28.8 Å². The van der Waals surface area contributed by atoms with Crippen LogP contribution in [0.4, 0.5) is 0 Å². The van der Waals surface area contributed by atoms with Gasteiger partial charge >= 0.3 is 5.97 Å². The van der Waals surface area contributed by atoms with Crippen molar-refractivity contribution in [2.75, 3.05) is 6.54 Å². The molecule has 13 nitrogen and oxygen atoms in total. The Morgan fingerprint density at radius 1 is 1.03 bits per heavy atom. The van der Waals surface area contributed by atoms with Crippen LogP contribution in [0.1, 0.15) is 39.0 Å². The number of carbonyl (C=O) groups is 6. The van der Waals surface area contributed by atoms with Crippen LogP contribution in [-0.4, -0.2) is 76.2 Å². The summed E-state index contributed by atoms with van der Waals surface area (Å²) in [7, 11) is 0. The maximum Gasteiger partial charge on any atom is 0.326 e. The number of primary amides is 2. The van der Waals surface area contributed by atoms with Gasteiger partial charge in [0.25, 0.3) is 0 Å². The van der Waals surface area contributed by atoms with Crippen LogP contribution in [0.15, 0.2) is 0 Å². The largest absolute Gasteiger partial charge is 0.480 e. The van der Waals surface area contributed by atoms with Gasteiger partial charge < -0.3 is 37.8 Å². The van der Waals surface area contributed by atoms with Gasteiger partial charge in [-0.15, -0.1) is 0 Å². The molecule has 4 atom stereocenters. The average molecular weight is 428 g/mol. The first-order valence-corrected chi connectivity index (χ1v) is 9.40. The first kappa shape index (κ1) is 24.8. The molecule has 0 radical (unpaired) electrons. The Morgan fingerprint density at radius 2 is 1.63 bits per heavy atom. The highest BCUT2D eigenvalue weighted by Gasteiger charge is 2.38. The molecule has 1 aliphatic rings. The second-order valence-electron chi connectivity index (χ2n) is 7.11. The van der Waals surface area contributed by atoms with Crippen molar-refractivity contribution in [2.24, 2.45) is 17.2 Å². The highest BCUT2D eigenvalue weighted by molar-refractivity contribution is 5.96. The highest BCUT2D eigenvalue weighted by atomic mass is 16.4. The van der Waals surface area contributed by atoms with Crippen LogP contribution in [0.3, 0.4) is 0 Å². The van der Waals surface area contributed by atoms with E-state index in [4.69, 9.17) is 17.2 Å². The third-order valence-electron chi connectivity index (χ3n) is 4.57. The Labute approximate surface area is 172 Å². The number of likely N-dealkylation sites (tertiary alicyclic amines) is 1. The molecule has 13 heteroatoms. The van der Waals surface area contributed by atoms with E-state index in [9.17, 15) is 33.9 Å². The van der Waals surface area contributed by atoms with Crippen LogP contribution < -0.4 is 27.8 Å². The molecular weight excluding hydrogens is 400 g/mol. The average Bonchev–Trinajstić information content (AvgIpc) is 3.12. The number of hydrogen-bond acceptors (Lipinski definition) is 7. The Morgan fingerprint density at radius 3 is 2.13 bits per heavy atom. The van der Waals surface area contributed by atoms with E-state index >= 15 is 0 Å². The molecule has 5 amide bonds. The van der Waals surface area contributed by atoms with Crippen LogP contribution in [0.25, 0.3) is 0 Å². The third kappa shape index (κ3) is 7.31. The van der Waals surface area contributed by atoms with Crippen molar-refractivity contribution in [3.05, 3.63) is 0 Å². The second kappa shape index (κ2) is 11.1. The number of nitrogens with two attached hydrogens (primary N) is 3. The lowest BCUT2D eigenvalue weighted by molar-refractivity contribution is -0.149. The molecule has 0 aliphatic carbocycles. The zero-order valence-corrected chi connectivity index (χ0v) is 16.6. The number of amides is 5. The number of nitrogens with zero attached hydrogens (tertiary/aromatic N) is 1. The number of nitrogens with one attached hydrogen (secondary N) is 2. The van der Waals surface area contributed by atoms with Crippen LogP contribution in [0.5, 0.6) is 0 Å². The van der Waals surface area contributed by atoms with E-state index in [-0.39, 0.29) is 25.8 Å². The van der Waals surface area contributed by atoms with Gasteiger partial charge in [0.2, 0.25) is 29.5 Å². The van der Waals surface area contributed by atoms with E-state index in [1.807, 2.05) is 0 Å². The molecule has 9 N–H and O–H groups in total. The zero-order chi connectivity index (χ0) is 23.0. The Bertz CT molecular complexity index is 711. The monoisotopic (exact) mass is 428 g/mol. The molecule has 1 fully saturated rings. The van der Waals surface area contributed by atoms with Gasteiger partial charge in [-0.1, -0.05) is 0 Å². The van der Waals surface area contributed by atoms with Crippen LogP contribution >= 0.6 is 0 Å². The van der Waals surface area contributed by atoms with Crippen molar-refractivity contribution in [3.8, 4) is 0 Å². The fourth-order valence-corrected chi connectivity index (χ4v) is 3.02. The Kier molecular flexibility index (Phi) is 9.17. The minimum Gasteiger partial charge on any atom is -0.480 e. The molecule has 0 aromatic heterocycles. The summed E-state index contributed by atoms with van der Waals surface area (Å²) in [5, 5.41) is 13.9. The lowest BCUT2D eigenvalue weighted by Gasteiger charge is -2.28. The second-order valence-corrected chi connectivity index (χ2v) is 7.11. The fraction of sp³-hybridized carbons (Fsp3) is 0.647. The van der Waals surface area contributed by atoms with Crippen molar-refractivity contribution in [2.45, 2.75) is 63.2 Å². The molecule has 0 spiro atoms. The minimum atomic E-state index is -1.43. The number of hydrogen-bond donors (Lipinski definition) is 6.